The molecule has 0 fully saturated rings. The van der Waals surface area contributed by atoms with E-state index in [0.717, 1.165) is 0 Å². The molecular weight excluding hydrogens is 107 g/mol. The molecule has 1 heterocycles. The maximum atomic E-state index is 8.46. The average molecular weight is 114 g/mol. The molecule has 0 saturated carbocycles. The molecule has 0 bridgehead atoms. The lowest BCUT2D eigenvalue weighted by Crippen LogP contribution is -2.13. The van der Waals surface area contributed by atoms with E-state index in [9.17, 15) is 0 Å². The van der Waals surface area contributed by atoms with Crippen LogP contribution in [0, 0.1) is 0 Å². The minimum atomic E-state index is -1.32. The average Bonchev–Trinajstić information content (AvgIpc) is 2.12. The highest BCUT2D eigenvalue weighted by Gasteiger charge is 2.17. The van der Waals surface area contributed by atoms with E-state index in [1.807, 2.05) is 0 Å². The molecule has 44 valence electrons. The normalized spacial score (nSPS) is 17.5. The van der Waals surface area contributed by atoms with E-state index < -0.39 is 7.12 Å². The lowest BCUT2D eigenvalue weighted by molar-refractivity contribution is 0.281. The molecule has 3 nitrogen and oxygen atoms in total. The quantitative estimate of drug-likeness (QED) is 0.443. The Bertz CT molecular complexity index is 110. The van der Waals surface area contributed by atoms with Gasteiger partial charge in [-0.15, -0.1) is 0 Å². The SMILES string of the molecule is OB(O)C1=COCC1. The highest BCUT2D eigenvalue weighted by Crippen LogP contribution is 2.09. The van der Waals surface area contributed by atoms with Crippen molar-refractivity contribution in [2.24, 2.45) is 0 Å². The summed E-state index contributed by atoms with van der Waals surface area (Å²) in [6.07, 6.45) is 2.03. The molecule has 0 aromatic carbocycles. The van der Waals surface area contributed by atoms with Crippen LogP contribution in [-0.2, 0) is 4.74 Å². The molecule has 0 spiro atoms. The zero-order valence-corrected chi connectivity index (χ0v) is 4.37. The first kappa shape index (κ1) is 5.66. The van der Waals surface area contributed by atoms with E-state index in [1.54, 1.807) is 0 Å². The molecule has 0 radical (unpaired) electrons. The van der Waals surface area contributed by atoms with Gasteiger partial charge in [-0.2, -0.15) is 0 Å². The summed E-state index contributed by atoms with van der Waals surface area (Å²) < 4.78 is 4.74. The largest absolute Gasteiger partial charge is 0.502 e. The molecule has 0 unspecified atom stereocenters. The maximum Gasteiger partial charge on any atom is 0.487 e. The maximum absolute atomic E-state index is 8.46. The Balaban J connectivity index is 2.45. The molecule has 0 atom stereocenters. The van der Waals surface area contributed by atoms with Crippen LogP contribution < -0.4 is 0 Å². The summed E-state index contributed by atoms with van der Waals surface area (Å²) in [7, 11) is -1.32. The number of hydrogen-bond acceptors (Lipinski definition) is 3. The van der Waals surface area contributed by atoms with Crippen molar-refractivity contribution >= 4 is 7.12 Å². The second-order valence-electron chi connectivity index (χ2n) is 1.69. The van der Waals surface area contributed by atoms with Crippen LogP contribution in [-0.4, -0.2) is 23.8 Å². The number of hydrogen-bond donors (Lipinski definition) is 2. The van der Waals surface area contributed by atoms with Crippen LogP contribution in [0.4, 0.5) is 0 Å². The first-order valence-corrected chi connectivity index (χ1v) is 2.47. The molecule has 2 N–H and O–H groups in total. The smallest absolute Gasteiger partial charge is 0.487 e. The van der Waals surface area contributed by atoms with Gasteiger partial charge in [0.05, 0.1) is 12.9 Å². The molecule has 0 aliphatic carbocycles. The Morgan fingerprint density at radius 2 is 2.38 bits per heavy atom. The summed E-state index contributed by atoms with van der Waals surface area (Å²) in [5.74, 6) is 0. The van der Waals surface area contributed by atoms with Crippen molar-refractivity contribution in [3.05, 3.63) is 11.7 Å². The zero-order chi connectivity index (χ0) is 5.98. The van der Waals surface area contributed by atoms with Gasteiger partial charge in [-0.1, -0.05) is 0 Å². The zero-order valence-electron chi connectivity index (χ0n) is 4.37. The Morgan fingerprint density at radius 3 is 2.62 bits per heavy atom. The monoisotopic (exact) mass is 114 g/mol. The van der Waals surface area contributed by atoms with E-state index in [1.165, 1.54) is 6.26 Å². The molecule has 4 heteroatoms. The van der Waals surface area contributed by atoms with Gasteiger partial charge in [-0.3, -0.25) is 0 Å². The van der Waals surface area contributed by atoms with Gasteiger partial charge >= 0.3 is 7.12 Å². The molecule has 8 heavy (non-hydrogen) atoms. The Labute approximate surface area is 47.7 Å². The van der Waals surface area contributed by atoms with E-state index in [0.29, 0.717) is 18.5 Å². The minimum absolute atomic E-state index is 0.560. The van der Waals surface area contributed by atoms with Crippen LogP contribution in [0.25, 0.3) is 0 Å². The Hall–Kier alpha value is -0.475. The van der Waals surface area contributed by atoms with Crippen molar-refractivity contribution in [3.8, 4) is 0 Å². The van der Waals surface area contributed by atoms with Crippen LogP contribution in [0.3, 0.4) is 0 Å². The van der Waals surface area contributed by atoms with Crippen molar-refractivity contribution in [2.45, 2.75) is 6.42 Å². The summed E-state index contributed by atoms with van der Waals surface area (Å²) in [6.45, 7) is 0.576. The van der Waals surface area contributed by atoms with Gasteiger partial charge in [0.15, 0.2) is 0 Å². The lowest BCUT2D eigenvalue weighted by Gasteiger charge is -1.91. The van der Waals surface area contributed by atoms with Crippen molar-refractivity contribution in [1.82, 2.24) is 0 Å². The van der Waals surface area contributed by atoms with Crippen molar-refractivity contribution in [3.63, 3.8) is 0 Å². The van der Waals surface area contributed by atoms with Crippen molar-refractivity contribution < 1.29 is 14.8 Å². The molecule has 0 amide bonds. The van der Waals surface area contributed by atoms with Gasteiger partial charge in [0.25, 0.3) is 0 Å². The van der Waals surface area contributed by atoms with Gasteiger partial charge in [-0.25, -0.2) is 0 Å². The first-order chi connectivity index (χ1) is 3.80. The van der Waals surface area contributed by atoms with Gasteiger partial charge in [-0.05, 0) is 5.47 Å². The molecular formula is C4H7BO3. The van der Waals surface area contributed by atoms with E-state index in [-0.39, 0.29) is 0 Å². The van der Waals surface area contributed by atoms with Crippen LogP contribution in [0.5, 0.6) is 0 Å². The van der Waals surface area contributed by atoms with Crippen LogP contribution >= 0.6 is 0 Å². The van der Waals surface area contributed by atoms with Crippen molar-refractivity contribution in [1.29, 1.82) is 0 Å². The van der Waals surface area contributed by atoms with E-state index in [4.69, 9.17) is 14.8 Å². The summed E-state index contributed by atoms with van der Waals surface area (Å²) in [4.78, 5) is 0. The fraction of sp³-hybridized carbons (Fsp3) is 0.500. The van der Waals surface area contributed by atoms with Gasteiger partial charge in [0.2, 0.25) is 0 Å². The number of ether oxygens (including phenoxy) is 1. The van der Waals surface area contributed by atoms with E-state index in [2.05, 4.69) is 0 Å². The molecule has 1 aliphatic heterocycles. The first-order valence-electron chi connectivity index (χ1n) is 2.47. The van der Waals surface area contributed by atoms with Gasteiger partial charge in [0, 0.05) is 6.42 Å². The minimum Gasteiger partial charge on any atom is -0.502 e. The number of rotatable bonds is 1. The standard InChI is InChI=1S/C4H7BO3/c6-5(7)4-1-2-8-3-4/h3,6-7H,1-2H2. The summed E-state index contributed by atoms with van der Waals surface area (Å²) >= 11 is 0. The summed E-state index contributed by atoms with van der Waals surface area (Å²) in [5.41, 5.74) is 0.560. The van der Waals surface area contributed by atoms with Crippen LogP contribution in [0.15, 0.2) is 11.7 Å². The second-order valence-corrected chi connectivity index (χ2v) is 1.69. The third-order valence-corrected chi connectivity index (χ3v) is 1.07. The molecule has 1 rings (SSSR count). The highest BCUT2D eigenvalue weighted by atomic mass is 16.5. The molecule has 0 saturated heterocycles. The molecule has 0 aromatic heterocycles. The second kappa shape index (κ2) is 2.20. The molecule has 0 aromatic rings. The Kier molecular flexibility index (Phi) is 1.55. The topological polar surface area (TPSA) is 49.7 Å². The highest BCUT2D eigenvalue weighted by molar-refractivity contribution is 6.50. The van der Waals surface area contributed by atoms with Crippen molar-refractivity contribution in [2.75, 3.05) is 6.61 Å². The van der Waals surface area contributed by atoms with Gasteiger partial charge in [0.1, 0.15) is 0 Å². The summed E-state index contributed by atoms with van der Waals surface area (Å²) in [6, 6.07) is 0. The van der Waals surface area contributed by atoms with Crippen LogP contribution in [0.2, 0.25) is 0 Å². The summed E-state index contributed by atoms with van der Waals surface area (Å²) in [5, 5.41) is 16.9. The third-order valence-electron chi connectivity index (χ3n) is 1.07. The Morgan fingerprint density at radius 1 is 1.62 bits per heavy atom. The fourth-order valence-electron chi connectivity index (χ4n) is 0.592. The third kappa shape index (κ3) is 1.02. The fourth-order valence-corrected chi connectivity index (χ4v) is 0.592. The predicted molar refractivity (Wildman–Crippen MR) is 28.8 cm³/mol. The predicted octanol–water partition coefficient (Wildman–Crippen LogP) is -0.697. The lowest BCUT2D eigenvalue weighted by atomic mass is 9.79. The van der Waals surface area contributed by atoms with Gasteiger partial charge < -0.3 is 14.8 Å². The van der Waals surface area contributed by atoms with E-state index >= 15 is 0 Å². The van der Waals surface area contributed by atoms with Crippen LogP contribution in [0.1, 0.15) is 6.42 Å². The molecule has 1 aliphatic rings.